The Morgan fingerprint density at radius 3 is 2.48 bits per heavy atom. The standard InChI is InChI=1S/C15H22N2O4/c1-20-13-9-12(10-16-11-13)17-14(18)7-5-3-4-6-8-15(19)21-2/h9-11H,3-8H2,1-2H3,(H,17,18). The largest absolute Gasteiger partial charge is 0.495 e. The van der Waals surface area contributed by atoms with Crippen molar-refractivity contribution < 1.29 is 19.1 Å². The second-order valence-electron chi connectivity index (χ2n) is 4.65. The van der Waals surface area contributed by atoms with Crippen molar-refractivity contribution in [1.82, 2.24) is 4.98 Å². The van der Waals surface area contributed by atoms with Gasteiger partial charge >= 0.3 is 5.97 Å². The summed E-state index contributed by atoms with van der Waals surface area (Å²) in [4.78, 5) is 26.6. The van der Waals surface area contributed by atoms with E-state index in [0.717, 1.165) is 25.7 Å². The Labute approximate surface area is 124 Å². The van der Waals surface area contributed by atoms with Crippen LogP contribution in [0.5, 0.6) is 5.75 Å². The van der Waals surface area contributed by atoms with Crippen LogP contribution in [0.25, 0.3) is 0 Å². The number of ether oxygens (including phenoxy) is 2. The van der Waals surface area contributed by atoms with E-state index < -0.39 is 0 Å². The smallest absolute Gasteiger partial charge is 0.305 e. The number of methoxy groups -OCH3 is 2. The van der Waals surface area contributed by atoms with Gasteiger partial charge in [0.1, 0.15) is 5.75 Å². The third-order valence-electron chi connectivity index (χ3n) is 3.00. The average Bonchev–Trinajstić information content (AvgIpc) is 2.50. The van der Waals surface area contributed by atoms with Gasteiger partial charge in [-0.1, -0.05) is 12.8 Å². The molecule has 0 unspecified atom stereocenters. The fourth-order valence-electron chi connectivity index (χ4n) is 1.83. The molecule has 0 aromatic carbocycles. The average molecular weight is 294 g/mol. The molecule has 0 fully saturated rings. The second kappa shape index (κ2) is 9.74. The Morgan fingerprint density at radius 2 is 1.81 bits per heavy atom. The summed E-state index contributed by atoms with van der Waals surface area (Å²) in [5.74, 6) is 0.381. The fraction of sp³-hybridized carbons (Fsp3) is 0.533. The van der Waals surface area contributed by atoms with Crippen molar-refractivity contribution in [3.8, 4) is 5.75 Å². The van der Waals surface area contributed by atoms with Crippen LogP contribution < -0.4 is 10.1 Å². The van der Waals surface area contributed by atoms with Crippen molar-refractivity contribution >= 4 is 17.6 Å². The van der Waals surface area contributed by atoms with Gasteiger partial charge in [0, 0.05) is 18.9 Å². The Kier molecular flexibility index (Phi) is 7.86. The maximum Gasteiger partial charge on any atom is 0.305 e. The lowest BCUT2D eigenvalue weighted by Gasteiger charge is -2.06. The summed E-state index contributed by atoms with van der Waals surface area (Å²) in [7, 11) is 2.94. The number of anilines is 1. The number of aromatic nitrogens is 1. The highest BCUT2D eigenvalue weighted by molar-refractivity contribution is 5.90. The lowest BCUT2D eigenvalue weighted by atomic mass is 10.1. The predicted octanol–water partition coefficient (Wildman–Crippen LogP) is 2.54. The SMILES string of the molecule is COC(=O)CCCCCCC(=O)Nc1cncc(OC)c1. The number of nitrogens with one attached hydrogen (secondary N) is 1. The van der Waals surface area contributed by atoms with Crippen LogP contribution in [0.15, 0.2) is 18.5 Å². The van der Waals surface area contributed by atoms with E-state index in [1.54, 1.807) is 25.6 Å². The zero-order valence-corrected chi connectivity index (χ0v) is 12.6. The predicted molar refractivity (Wildman–Crippen MR) is 79.1 cm³/mol. The first-order valence-electron chi connectivity index (χ1n) is 7.01. The molecule has 0 saturated carbocycles. The molecular weight excluding hydrogens is 272 g/mol. The second-order valence-corrected chi connectivity index (χ2v) is 4.65. The van der Waals surface area contributed by atoms with Crippen LogP contribution in [0.4, 0.5) is 5.69 Å². The third-order valence-corrected chi connectivity index (χ3v) is 3.00. The molecule has 116 valence electrons. The first kappa shape index (κ1) is 16.9. The number of hydrogen-bond acceptors (Lipinski definition) is 5. The van der Waals surface area contributed by atoms with E-state index in [2.05, 4.69) is 15.0 Å². The van der Waals surface area contributed by atoms with E-state index in [-0.39, 0.29) is 11.9 Å². The fourth-order valence-corrected chi connectivity index (χ4v) is 1.83. The number of carbonyl (C=O) groups excluding carboxylic acids is 2. The molecule has 21 heavy (non-hydrogen) atoms. The maximum atomic E-state index is 11.7. The molecule has 0 aliphatic rings. The molecule has 0 aliphatic carbocycles. The van der Waals surface area contributed by atoms with E-state index in [1.165, 1.54) is 7.11 Å². The van der Waals surface area contributed by atoms with Gasteiger partial charge in [-0.05, 0) is 12.8 Å². The summed E-state index contributed by atoms with van der Waals surface area (Å²) >= 11 is 0. The van der Waals surface area contributed by atoms with Gasteiger partial charge in [0.15, 0.2) is 0 Å². The number of amides is 1. The zero-order chi connectivity index (χ0) is 15.5. The summed E-state index contributed by atoms with van der Waals surface area (Å²) in [5.41, 5.74) is 0.630. The van der Waals surface area contributed by atoms with Gasteiger partial charge < -0.3 is 14.8 Å². The monoisotopic (exact) mass is 294 g/mol. The van der Waals surface area contributed by atoms with E-state index in [1.807, 2.05) is 0 Å². The van der Waals surface area contributed by atoms with Crippen molar-refractivity contribution in [2.45, 2.75) is 38.5 Å². The zero-order valence-electron chi connectivity index (χ0n) is 12.6. The highest BCUT2D eigenvalue weighted by atomic mass is 16.5. The molecule has 1 N–H and O–H groups in total. The molecule has 1 heterocycles. The molecule has 6 heteroatoms. The molecule has 0 saturated heterocycles. The third kappa shape index (κ3) is 7.29. The van der Waals surface area contributed by atoms with Crippen LogP contribution in [0.2, 0.25) is 0 Å². The van der Waals surface area contributed by atoms with Crippen molar-refractivity contribution in [2.75, 3.05) is 19.5 Å². The molecule has 1 aromatic heterocycles. The van der Waals surface area contributed by atoms with E-state index in [0.29, 0.717) is 24.3 Å². The molecule has 1 rings (SSSR count). The Bertz CT molecular complexity index is 463. The van der Waals surface area contributed by atoms with Crippen molar-refractivity contribution in [3.63, 3.8) is 0 Å². The van der Waals surface area contributed by atoms with Gasteiger partial charge in [-0.25, -0.2) is 0 Å². The van der Waals surface area contributed by atoms with Crippen molar-refractivity contribution in [3.05, 3.63) is 18.5 Å². The molecule has 0 radical (unpaired) electrons. The van der Waals surface area contributed by atoms with Gasteiger partial charge in [-0.2, -0.15) is 0 Å². The van der Waals surface area contributed by atoms with Gasteiger partial charge in [0.2, 0.25) is 5.91 Å². The lowest BCUT2D eigenvalue weighted by Crippen LogP contribution is -2.11. The van der Waals surface area contributed by atoms with E-state index >= 15 is 0 Å². The normalized spacial score (nSPS) is 10.0. The minimum absolute atomic E-state index is 0.0435. The van der Waals surface area contributed by atoms with Crippen molar-refractivity contribution in [1.29, 1.82) is 0 Å². The lowest BCUT2D eigenvalue weighted by molar-refractivity contribution is -0.140. The Hall–Kier alpha value is -2.11. The van der Waals surface area contributed by atoms with Gasteiger partial charge in [0.25, 0.3) is 0 Å². The van der Waals surface area contributed by atoms with Gasteiger partial charge in [0.05, 0.1) is 32.3 Å². The minimum Gasteiger partial charge on any atom is -0.495 e. The number of carbonyl (C=O) groups is 2. The number of nitrogens with zero attached hydrogens (tertiary/aromatic N) is 1. The number of rotatable bonds is 9. The maximum absolute atomic E-state index is 11.7. The highest BCUT2D eigenvalue weighted by Gasteiger charge is 2.04. The van der Waals surface area contributed by atoms with Crippen LogP contribution in [-0.2, 0) is 14.3 Å². The Morgan fingerprint density at radius 1 is 1.10 bits per heavy atom. The minimum atomic E-state index is -0.182. The molecule has 1 amide bonds. The number of hydrogen-bond donors (Lipinski definition) is 1. The summed E-state index contributed by atoms with van der Waals surface area (Å²) < 4.78 is 9.60. The van der Waals surface area contributed by atoms with Crippen LogP contribution in [0.1, 0.15) is 38.5 Å². The quantitative estimate of drug-likeness (QED) is 0.559. The van der Waals surface area contributed by atoms with Crippen LogP contribution in [-0.4, -0.2) is 31.1 Å². The summed E-state index contributed by atoms with van der Waals surface area (Å²) in [5, 5.41) is 2.78. The van der Waals surface area contributed by atoms with Gasteiger partial charge in [-0.3, -0.25) is 14.6 Å². The van der Waals surface area contributed by atoms with Gasteiger partial charge in [-0.15, -0.1) is 0 Å². The molecule has 0 bridgehead atoms. The number of pyridine rings is 1. The van der Waals surface area contributed by atoms with E-state index in [9.17, 15) is 9.59 Å². The molecule has 0 atom stereocenters. The number of unbranched alkanes of at least 4 members (excludes halogenated alkanes) is 3. The van der Waals surface area contributed by atoms with Crippen LogP contribution >= 0.6 is 0 Å². The van der Waals surface area contributed by atoms with Crippen molar-refractivity contribution in [2.24, 2.45) is 0 Å². The molecule has 1 aromatic rings. The molecular formula is C15H22N2O4. The first-order valence-corrected chi connectivity index (χ1v) is 7.01. The molecule has 6 nitrogen and oxygen atoms in total. The Balaban J connectivity index is 2.15. The summed E-state index contributed by atoms with van der Waals surface area (Å²) in [6.07, 6.45) is 7.49. The highest BCUT2D eigenvalue weighted by Crippen LogP contribution is 2.15. The summed E-state index contributed by atoms with van der Waals surface area (Å²) in [6, 6.07) is 1.72. The van der Waals surface area contributed by atoms with Crippen LogP contribution in [0, 0.1) is 0 Å². The topological polar surface area (TPSA) is 77.5 Å². The number of esters is 1. The van der Waals surface area contributed by atoms with E-state index in [4.69, 9.17) is 4.74 Å². The molecule has 0 spiro atoms. The molecule has 0 aliphatic heterocycles. The van der Waals surface area contributed by atoms with Crippen LogP contribution in [0.3, 0.4) is 0 Å². The summed E-state index contributed by atoms with van der Waals surface area (Å²) in [6.45, 7) is 0. The first-order chi connectivity index (χ1) is 10.2.